The maximum Gasteiger partial charge on any atom is 0.310 e. The number of ether oxygens (including phenoxy) is 1. The number of aliphatic hydroxyl groups excluding tert-OH is 2. The molecule has 0 radical (unpaired) electrons. The van der Waals surface area contributed by atoms with Crippen LogP contribution in [0.4, 0.5) is 0 Å². The summed E-state index contributed by atoms with van der Waals surface area (Å²) < 4.78 is 5.52. The highest BCUT2D eigenvalue weighted by molar-refractivity contribution is 5.95. The van der Waals surface area contributed by atoms with E-state index in [9.17, 15) is 24.9 Å². The van der Waals surface area contributed by atoms with E-state index in [-0.39, 0.29) is 41.6 Å². The molecule has 1 aromatic carbocycles. The quantitative estimate of drug-likeness (QED) is 0.466. The molecule has 0 unspecified atom stereocenters. The summed E-state index contributed by atoms with van der Waals surface area (Å²) in [5.74, 6) is -1.01. The number of aliphatic hydroxyl groups is 3. The van der Waals surface area contributed by atoms with Gasteiger partial charge in [0.2, 0.25) is 0 Å². The van der Waals surface area contributed by atoms with Gasteiger partial charge in [0.25, 0.3) is 0 Å². The third kappa shape index (κ3) is 2.98. The predicted octanol–water partition coefficient (Wildman–Crippen LogP) is 2.61. The van der Waals surface area contributed by atoms with Crippen molar-refractivity contribution >= 4 is 11.8 Å². The number of allylic oxidation sites excluding steroid dienone is 1. The van der Waals surface area contributed by atoms with Crippen LogP contribution in [0.15, 0.2) is 53.6 Å². The molecule has 0 aromatic heterocycles. The number of benzene rings is 1. The maximum atomic E-state index is 14.2. The molecule has 4 aliphatic rings. The van der Waals surface area contributed by atoms with E-state index in [1.807, 2.05) is 37.3 Å². The Labute approximate surface area is 200 Å². The van der Waals surface area contributed by atoms with Crippen LogP contribution in [0.5, 0.6) is 0 Å². The molecule has 1 spiro atoms. The standard InChI is InChI=1S/C28H34O6/c1-15-13-27-16(2)10-20-22(26(20,3)4)19(25(27)32)12-18(24(31)28(27,33)23(15)30)14-34-21(29)11-17-8-6-5-7-9-17/h5-9,12-13,16,19-20,22-24,30-31,33H,10-11,14H2,1-4H3/t16-,19+,20-,22+,23+,24-,27+,28-/m1/s1. The lowest BCUT2D eigenvalue weighted by Gasteiger charge is -2.48. The molecule has 2 fully saturated rings. The molecule has 6 heteroatoms. The first-order valence-corrected chi connectivity index (χ1v) is 12.2. The van der Waals surface area contributed by atoms with Crippen LogP contribution in [0, 0.1) is 34.5 Å². The first-order valence-electron chi connectivity index (χ1n) is 12.2. The zero-order chi connectivity index (χ0) is 24.6. The van der Waals surface area contributed by atoms with E-state index >= 15 is 0 Å². The second-order valence-electron chi connectivity index (χ2n) is 11.4. The van der Waals surface area contributed by atoms with Gasteiger partial charge in [-0.25, -0.2) is 0 Å². The van der Waals surface area contributed by atoms with Gasteiger partial charge in [0, 0.05) is 5.92 Å². The Morgan fingerprint density at radius 2 is 1.82 bits per heavy atom. The number of hydrogen-bond acceptors (Lipinski definition) is 6. The van der Waals surface area contributed by atoms with Gasteiger partial charge in [-0.15, -0.1) is 0 Å². The lowest BCUT2D eigenvalue weighted by molar-refractivity contribution is -0.190. The summed E-state index contributed by atoms with van der Waals surface area (Å²) in [6, 6.07) is 9.22. The highest BCUT2D eigenvalue weighted by atomic mass is 16.5. The van der Waals surface area contributed by atoms with Gasteiger partial charge in [0.15, 0.2) is 5.78 Å². The molecule has 2 bridgehead atoms. The van der Waals surface area contributed by atoms with Gasteiger partial charge in [0.05, 0.1) is 11.8 Å². The molecule has 1 aromatic rings. The van der Waals surface area contributed by atoms with Gasteiger partial charge in [0.1, 0.15) is 24.4 Å². The van der Waals surface area contributed by atoms with Crippen molar-refractivity contribution in [2.75, 3.05) is 6.61 Å². The Morgan fingerprint density at radius 3 is 2.50 bits per heavy atom. The molecule has 0 saturated heterocycles. The predicted molar refractivity (Wildman–Crippen MR) is 125 cm³/mol. The zero-order valence-electron chi connectivity index (χ0n) is 20.2. The lowest BCUT2D eigenvalue weighted by Crippen LogP contribution is -2.65. The van der Waals surface area contributed by atoms with Crippen molar-refractivity contribution in [2.45, 2.75) is 58.3 Å². The molecule has 5 rings (SSSR count). The van der Waals surface area contributed by atoms with Crippen molar-refractivity contribution in [3.63, 3.8) is 0 Å². The zero-order valence-corrected chi connectivity index (χ0v) is 20.2. The average molecular weight is 467 g/mol. The third-order valence-corrected chi connectivity index (χ3v) is 9.34. The summed E-state index contributed by atoms with van der Waals surface area (Å²) in [6.07, 6.45) is 1.31. The summed E-state index contributed by atoms with van der Waals surface area (Å²) in [4.78, 5) is 26.7. The van der Waals surface area contributed by atoms with Crippen LogP contribution in [-0.4, -0.2) is 51.5 Å². The Hall–Kier alpha value is -2.28. The monoisotopic (exact) mass is 466 g/mol. The topological polar surface area (TPSA) is 104 Å². The largest absolute Gasteiger partial charge is 0.461 e. The lowest BCUT2D eigenvalue weighted by atomic mass is 9.59. The Balaban J connectivity index is 1.51. The number of rotatable bonds is 4. The molecule has 4 aliphatic carbocycles. The highest BCUT2D eigenvalue weighted by Crippen LogP contribution is 2.71. The van der Waals surface area contributed by atoms with Crippen LogP contribution in [0.25, 0.3) is 0 Å². The Morgan fingerprint density at radius 1 is 1.15 bits per heavy atom. The minimum Gasteiger partial charge on any atom is -0.461 e. The number of ketones is 1. The minimum absolute atomic E-state index is 0.0365. The second-order valence-corrected chi connectivity index (χ2v) is 11.4. The number of hydrogen-bond donors (Lipinski definition) is 3. The molecular weight excluding hydrogens is 432 g/mol. The second kappa shape index (κ2) is 7.61. The van der Waals surface area contributed by atoms with Gasteiger partial charge in [-0.1, -0.05) is 63.3 Å². The number of carbonyl (C=O) groups is 2. The fraction of sp³-hybridized carbons (Fsp3) is 0.571. The van der Waals surface area contributed by atoms with E-state index in [1.54, 1.807) is 19.1 Å². The average Bonchev–Trinajstić information content (AvgIpc) is 3.30. The number of esters is 1. The fourth-order valence-electron chi connectivity index (χ4n) is 7.39. The van der Waals surface area contributed by atoms with Gasteiger partial charge in [-0.3, -0.25) is 9.59 Å². The van der Waals surface area contributed by atoms with Crippen LogP contribution >= 0.6 is 0 Å². The van der Waals surface area contributed by atoms with E-state index in [1.165, 1.54) is 0 Å². The van der Waals surface area contributed by atoms with Crippen molar-refractivity contribution < 1.29 is 29.6 Å². The number of Topliss-reactive ketones (excluding diaryl/α,β-unsaturated/α-hetero) is 1. The van der Waals surface area contributed by atoms with Crippen LogP contribution in [0.2, 0.25) is 0 Å². The van der Waals surface area contributed by atoms with E-state index in [0.717, 1.165) is 12.0 Å². The molecule has 0 heterocycles. The van der Waals surface area contributed by atoms with Crippen LogP contribution in [0.3, 0.4) is 0 Å². The third-order valence-electron chi connectivity index (χ3n) is 9.34. The van der Waals surface area contributed by atoms with Gasteiger partial charge in [-0.05, 0) is 53.2 Å². The van der Waals surface area contributed by atoms with Gasteiger partial charge >= 0.3 is 5.97 Å². The molecular formula is C28H34O6. The number of fused-ring (bicyclic) bond motifs is 3. The molecule has 6 nitrogen and oxygen atoms in total. The Kier molecular flexibility index (Phi) is 5.25. The van der Waals surface area contributed by atoms with Crippen molar-refractivity contribution in [3.8, 4) is 0 Å². The van der Waals surface area contributed by atoms with Gasteiger partial charge < -0.3 is 20.1 Å². The van der Waals surface area contributed by atoms with Crippen molar-refractivity contribution in [1.29, 1.82) is 0 Å². The SMILES string of the molecule is CC1=C[C@]23C(=O)[C@@H](C=C(COC(=O)Cc4ccccc4)[C@@H](O)[C@]2(O)[C@H]1O)[C@H]1[C@@H](C[C@H]3C)C1(C)C. The van der Waals surface area contributed by atoms with E-state index < -0.39 is 35.1 Å². The van der Waals surface area contributed by atoms with Crippen molar-refractivity contribution in [2.24, 2.45) is 34.5 Å². The van der Waals surface area contributed by atoms with Crippen LogP contribution < -0.4 is 0 Å². The molecule has 182 valence electrons. The molecule has 0 aliphatic heterocycles. The molecule has 8 atom stereocenters. The van der Waals surface area contributed by atoms with E-state index in [2.05, 4.69) is 13.8 Å². The minimum atomic E-state index is -2.11. The van der Waals surface area contributed by atoms with Crippen LogP contribution in [0.1, 0.15) is 39.7 Å². The summed E-state index contributed by atoms with van der Waals surface area (Å²) in [5, 5.41) is 34.6. The van der Waals surface area contributed by atoms with E-state index in [0.29, 0.717) is 11.5 Å². The summed E-state index contributed by atoms with van der Waals surface area (Å²) >= 11 is 0. The molecule has 3 N–H and O–H groups in total. The highest BCUT2D eigenvalue weighted by Gasteiger charge is 2.75. The van der Waals surface area contributed by atoms with Crippen molar-refractivity contribution in [3.05, 3.63) is 59.2 Å². The summed E-state index contributed by atoms with van der Waals surface area (Å²) in [6.45, 7) is 7.70. The normalized spacial score (nSPS) is 41.9. The van der Waals surface area contributed by atoms with Crippen LogP contribution in [-0.2, 0) is 20.7 Å². The van der Waals surface area contributed by atoms with E-state index in [4.69, 9.17) is 4.74 Å². The first-order chi connectivity index (χ1) is 16.0. The maximum absolute atomic E-state index is 14.2. The summed E-state index contributed by atoms with van der Waals surface area (Å²) in [5.41, 5.74) is -1.97. The molecule has 2 saturated carbocycles. The number of carbonyl (C=O) groups excluding carboxylic acids is 2. The first kappa shape index (κ1) is 23.5. The Bertz CT molecular complexity index is 1090. The summed E-state index contributed by atoms with van der Waals surface area (Å²) in [7, 11) is 0. The fourth-order valence-corrected chi connectivity index (χ4v) is 7.39. The van der Waals surface area contributed by atoms with Gasteiger partial charge in [-0.2, -0.15) is 0 Å². The molecule has 34 heavy (non-hydrogen) atoms. The van der Waals surface area contributed by atoms with Crippen molar-refractivity contribution in [1.82, 2.24) is 0 Å². The molecule has 0 amide bonds. The smallest absolute Gasteiger partial charge is 0.310 e.